The fourth-order valence-electron chi connectivity index (χ4n) is 2.26. The Kier molecular flexibility index (Phi) is 1.96. The van der Waals surface area contributed by atoms with E-state index in [0.29, 0.717) is 17.0 Å². The van der Waals surface area contributed by atoms with Gasteiger partial charge in [-0.05, 0) is 30.9 Å². The van der Waals surface area contributed by atoms with Crippen LogP contribution in [0.4, 0.5) is 0 Å². The largest absolute Gasteiger partial charge is 0.478 e. The van der Waals surface area contributed by atoms with Gasteiger partial charge in [0.1, 0.15) is 11.1 Å². The van der Waals surface area contributed by atoms with Gasteiger partial charge in [0.2, 0.25) is 0 Å². The fraction of sp³-hybridized carbons (Fsp3) is 0.333. The lowest BCUT2D eigenvalue weighted by Crippen LogP contribution is -2.13. The molecule has 1 aliphatic carbocycles. The minimum absolute atomic E-state index is 0.361. The van der Waals surface area contributed by atoms with Gasteiger partial charge in [0.15, 0.2) is 0 Å². The summed E-state index contributed by atoms with van der Waals surface area (Å²) in [4.78, 5) is 18.6. The molecular formula is C12H12N2O2. The van der Waals surface area contributed by atoms with Gasteiger partial charge < -0.3 is 10.1 Å². The zero-order valence-electron chi connectivity index (χ0n) is 8.73. The number of carbonyl (C=O) groups is 1. The molecule has 1 aliphatic rings. The van der Waals surface area contributed by atoms with Crippen molar-refractivity contribution < 1.29 is 9.90 Å². The molecular weight excluding hydrogens is 204 g/mol. The number of hydrogen-bond acceptors (Lipinski definition) is 2. The summed E-state index contributed by atoms with van der Waals surface area (Å²) in [6.45, 7) is 0. The maximum absolute atomic E-state index is 11.3. The third-order valence-corrected chi connectivity index (χ3v) is 3.31. The molecule has 0 atom stereocenters. The van der Waals surface area contributed by atoms with Gasteiger partial charge >= 0.3 is 5.97 Å². The van der Waals surface area contributed by atoms with E-state index in [4.69, 9.17) is 0 Å². The average Bonchev–Trinajstić information content (AvgIpc) is 2.53. The Bertz CT molecular complexity index is 555. The second kappa shape index (κ2) is 3.33. The highest BCUT2D eigenvalue weighted by Gasteiger charge is 2.28. The highest BCUT2D eigenvalue weighted by Crippen LogP contribution is 2.39. The average molecular weight is 216 g/mol. The summed E-state index contributed by atoms with van der Waals surface area (Å²) in [5, 5.41) is 9.26. The summed E-state index contributed by atoms with van der Waals surface area (Å²) < 4.78 is 0. The Morgan fingerprint density at radius 1 is 1.50 bits per heavy atom. The maximum Gasteiger partial charge on any atom is 0.339 e. The zero-order valence-corrected chi connectivity index (χ0v) is 8.73. The first-order valence-electron chi connectivity index (χ1n) is 5.47. The Labute approximate surface area is 92.3 Å². The second-order valence-electron chi connectivity index (χ2n) is 4.25. The summed E-state index contributed by atoms with van der Waals surface area (Å²) in [5.41, 5.74) is 2.62. The van der Waals surface area contributed by atoms with Crippen molar-refractivity contribution in [2.24, 2.45) is 0 Å². The fourth-order valence-corrected chi connectivity index (χ4v) is 2.26. The molecule has 0 aliphatic heterocycles. The summed E-state index contributed by atoms with van der Waals surface area (Å²) in [6.07, 6.45) is 4.97. The first-order chi connectivity index (χ1) is 7.77. The molecule has 4 heteroatoms. The molecule has 2 heterocycles. The second-order valence-corrected chi connectivity index (χ2v) is 4.25. The van der Waals surface area contributed by atoms with Crippen molar-refractivity contribution in [2.45, 2.75) is 25.2 Å². The molecule has 16 heavy (non-hydrogen) atoms. The number of nitrogens with zero attached hydrogens (tertiary/aromatic N) is 1. The lowest BCUT2D eigenvalue weighted by Gasteiger charge is -2.24. The first kappa shape index (κ1) is 9.39. The molecule has 3 rings (SSSR count). The molecule has 2 aromatic rings. The smallest absolute Gasteiger partial charge is 0.339 e. The molecule has 0 radical (unpaired) electrons. The molecule has 0 bridgehead atoms. The zero-order chi connectivity index (χ0) is 11.1. The predicted molar refractivity (Wildman–Crippen MR) is 59.6 cm³/mol. The van der Waals surface area contributed by atoms with Crippen LogP contribution in [0.1, 0.15) is 41.2 Å². The number of aromatic carboxylic acids is 1. The Morgan fingerprint density at radius 3 is 2.94 bits per heavy atom. The lowest BCUT2D eigenvalue weighted by molar-refractivity contribution is 0.0696. The van der Waals surface area contributed by atoms with Crippen molar-refractivity contribution in [3.63, 3.8) is 0 Å². The normalized spacial score (nSPS) is 16.2. The molecule has 0 aromatic carbocycles. The van der Waals surface area contributed by atoms with E-state index in [1.807, 2.05) is 12.1 Å². The molecule has 0 saturated heterocycles. The van der Waals surface area contributed by atoms with E-state index in [2.05, 4.69) is 9.97 Å². The number of fused-ring (bicyclic) bond motifs is 1. The van der Waals surface area contributed by atoms with Gasteiger partial charge in [-0.15, -0.1) is 0 Å². The van der Waals surface area contributed by atoms with Gasteiger partial charge in [0.05, 0.1) is 5.52 Å². The van der Waals surface area contributed by atoms with Crippen molar-refractivity contribution >= 4 is 17.0 Å². The van der Waals surface area contributed by atoms with Crippen molar-refractivity contribution in [3.05, 3.63) is 29.6 Å². The first-order valence-corrected chi connectivity index (χ1v) is 5.47. The van der Waals surface area contributed by atoms with Crippen LogP contribution < -0.4 is 0 Å². The number of aromatic nitrogens is 2. The van der Waals surface area contributed by atoms with Crippen molar-refractivity contribution in [1.82, 2.24) is 9.97 Å². The van der Waals surface area contributed by atoms with Crippen molar-refractivity contribution in [1.29, 1.82) is 0 Å². The van der Waals surface area contributed by atoms with E-state index in [-0.39, 0.29) is 0 Å². The molecule has 1 fully saturated rings. The van der Waals surface area contributed by atoms with Crippen LogP contribution in [0.15, 0.2) is 18.3 Å². The van der Waals surface area contributed by atoms with Crippen LogP contribution in [0.5, 0.6) is 0 Å². The number of carboxylic acid groups (broad SMARTS) is 1. The van der Waals surface area contributed by atoms with Gasteiger partial charge in [-0.3, -0.25) is 4.98 Å². The molecule has 4 nitrogen and oxygen atoms in total. The van der Waals surface area contributed by atoms with E-state index in [9.17, 15) is 9.90 Å². The molecule has 0 amide bonds. The van der Waals surface area contributed by atoms with E-state index >= 15 is 0 Å². The van der Waals surface area contributed by atoms with Gasteiger partial charge in [0.25, 0.3) is 0 Å². The van der Waals surface area contributed by atoms with Crippen molar-refractivity contribution in [2.75, 3.05) is 0 Å². The van der Waals surface area contributed by atoms with Gasteiger partial charge in [0, 0.05) is 11.9 Å². The predicted octanol–water partition coefficient (Wildman–Crippen LogP) is 2.53. The van der Waals surface area contributed by atoms with E-state index < -0.39 is 5.97 Å². The number of hydrogen-bond donors (Lipinski definition) is 2. The molecule has 2 aromatic heterocycles. The van der Waals surface area contributed by atoms with Crippen LogP contribution in [0.3, 0.4) is 0 Å². The van der Waals surface area contributed by atoms with Crippen LogP contribution in [-0.4, -0.2) is 21.0 Å². The Hall–Kier alpha value is -1.84. The van der Waals surface area contributed by atoms with Crippen LogP contribution in [0, 0.1) is 0 Å². The molecule has 82 valence electrons. The van der Waals surface area contributed by atoms with E-state index in [1.54, 1.807) is 6.20 Å². The minimum Gasteiger partial charge on any atom is -0.478 e. The Balaban J connectivity index is 2.25. The van der Waals surface area contributed by atoms with E-state index in [0.717, 1.165) is 24.1 Å². The van der Waals surface area contributed by atoms with Crippen LogP contribution in [0.25, 0.3) is 11.0 Å². The molecule has 1 saturated carbocycles. The SMILES string of the molecule is O=C(O)c1c(C2CCC2)[nH]c2cccnc12. The number of pyridine rings is 1. The third-order valence-electron chi connectivity index (χ3n) is 3.31. The van der Waals surface area contributed by atoms with Crippen LogP contribution in [0.2, 0.25) is 0 Å². The number of carboxylic acids is 1. The topological polar surface area (TPSA) is 66.0 Å². The molecule has 0 spiro atoms. The molecule has 2 N–H and O–H groups in total. The van der Waals surface area contributed by atoms with Crippen LogP contribution in [-0.2, 0) is 0 Å². The number of nitrogens with one attached hydrogen (secondary N) is 1. The molecule has 0 unspecified atom stereocenters. The minimum atomic E-state index is -0.883. The summed E-state index contributed by atoms with van der Waals surface area (Å²) in [6, 6.07) is 3.69. The van der Waals surface area contributed by atoms with Gasteiger partial charge in [-0.2, -0.15) is 0 Å². The summed E-state index contributed by atoms with van der Waals surface area (Å²) in [7, 11) is 0. The van der Waals surface area contributed by atoms with Gasteiger partial charge in [-0.1, -0.05) is 6.42 Å². The summed E-state index contributed by atoms with van der Waals surface area (Å²) >= 11 is 0. The van der Waals surface area contributed by atoms with Crippen LogP contribution >= 0.6 is 0 Å². The summed E-state index contributed by atoms with van der Waals surface area (Å²) in [5.74, 6) is -0.507. The Morgan fingerprint density at radius 2 is 2.31 bits per heavy atom. The number of aromatic amines is 1. The highest BCUT2D eigenvalue weighted by molar-refractivity contribution is 6.03. The quantitative estimate of drug-likeness (QED) is 0.810. The van der Waals surface area contributed by atoms with E-state index in [1.165, 1.54) is 6.42 Å². The maximum atomic E-state index is 11.3. The standard InChI is InChI=1S/C12H12N2O2/c15-12(16)9-10(7-3-1-4-7)14-8-5-2-6-13-11(8)9/h2,5-7,14H,1,3-4H2,(H,15,16). The third kappa shape index (κ3) is 1.23. The van der Waals surface area contributed by atoms with Crippen molar-refractivity contribution in [3.8, 4) is 0 Å². The highest BCUT2D eigenvalue weighted by atomic mass is 16.4. The number of H-pyrrole nitrogens is 1. The lowest BCUT2D eigenvalue weighted by atomic mass is 9.81. The number of rotatable bonds is 2. The van der Waals surface area contributed by atoms with Gasteiger partial charge in [-0.25, -0.2) is 4.79 Å². The monoisotopic (exact) mass is 216 g/mol.